The van der Waals surface area contributed by atoms with Gasteiger partial charge in [-0.1, -0.05) is 12.1 Å². The molecular formula is C15H21ClN2O2. The zero-order chi connectivity index (χ0) is 14.5. The van der Waals surface area contributed by atoms with Crippen LogP contribution in [0.5, 0.6) is 5.75 Å². The molecule has 110 valence electrons. The first-order valence-corrected chi connectivity index (χ1v) is 7.41. The molecule has 0 aliphatic carbocycles. The van der Waals surface area contributed by atoms with Gasteiger partial charge in [0, 0.05) is 32.2 Å². The normalized spacial score (nSPS) is 17.9. The second-order valence-corrected chi connectivity index (χ2v) is 5.27. The number of rotatable bonds is 4. The minimum absolute atomic E-state index is 0.0309. The van der Waals surface area contributed by atoms with Crippen LogP contribution < -0.4 is 4.74 Å². The maximum atomic E-state index is 11.5. The Bertz CT molecular complexity index is 442. The average Bonchev–Trinajstić information content (AvgIpc) is 2.53. The summed E-state index contributed by atoms with van der Waals surface area (Å²) >= 11 is 5.59. The first-order chi connectivity index (χ1) is 9.65. The number of ether oxygens (including phenoxy) is 1. The summed E-state index contributed by atoms with van der Waals surface area (Å²) in [7, 11) is 1.67. The van der Waals surface area contributed by atoms with Crippen LogP contribution in [0.15, 0.2) is 24.3 Å². The Morgan fingerprint density at radius 1 is 1.25 bits per heavy atom. The number of methoxy groups -OCH3 is 1. The van der Waals surface area contributed by atoms with E-state index in [-0.39, 0.29) is 11.8 Å². The van der Waals surface area contributed by atoms with E-state index in [1.165, 1.54) is 5.56 Å². The van der Waals surface area contributed by atoms with Crippen LogP contribution in [0.1, 0.15) is 18.5 Å². The Hall–Kier alpha value is -1.26. The van der Waals surface area contributed by atoms with Crippen LogP contribution >= 0.6 is 11.6 Å². The van der Waals surface area contributed by atoms with Crippen molar-refractivity contribution in [2.24, 2.45) is 0 Å². The largest absolute Gasteiger partial charge is 0.497 e. The Morgan fingerprint density at radius 2 is 1.85 bits per heavy atom. The van der Waals surface area contributed by atoms with Crippen LogP contribution in [0.25, 0.3) is 0 Å². The molecule has 1 aliphatic heterocycles. The Labute approximate surface area is 125 Å². The molecule has 0 radical (unpaired) electrons. The molecule has 5 heteroatoms. The quantitative estimate of drug-likeness (QED) is 0.798. The van der Waals surface area contributed by atoms with Crippen LogP contribution in [-0.4, -0.2) is 54.9 Å². The zero-order valence-electron chi connectivity index (χ0n) is 12.0. The SMILES string of the molecule is COc1ccc([C@@H](C)N2CCN(C(=O)CCl)CC2)cc1. The first kappa shape index (κ1) is 15.1. The number of alkyl halides is 1. The van der Waals surface area contributed by atoms with Gasteiger partial charge in [0.05, 0.1) is 7.11 Å². The van der Waals surface area contributed by atoms with E-state index >= 15 is 0 Å². The smallest absolute Gasteiger partial charge is 0.237 e. The van der Waals surface area contributed by atoms with Crippen molar-refractivity contribution in [3.05, 3.63) is 29.8 Å². The van der Waals surface area contributed by atoms with E-state index in [1.54, 1.807) is 7.11 Å². The summed E-state index contributed by atoms with van der Waals surface area (Å²) in [6.07, 6.45) is 0. The third-order valence-corrected chi connectivity index (χ3v) is 4.16. The number of halogens is 1. The number of hydrogen-bond donors (Lipinski definition) is 0. The fourth-order valence-corrected chi connectivity index (χ4v) is 2.71. The van der Waals surface area contributed by atoms with Gasteiger partial charge in [-0.2, -0.15) is 0 Å². The van der Waals surface area contributed by atoms with E-state index in [2.05, 4.69) is 24.0 Å². The number of nitrogens with zero attached hydrogens (tertiary/aromatic N) is 2. The van der Waals surface area contributed by atoms with Crippen molar-refractivity contribution in [1.29, 1.82) is 0 Å². The number of piperazine rings is 1. The van der Waals surface area contributed by atoms with Crippen molar-refractivity contribution in [3.63, 3.8) is 0 Å². The number of benzene rings is 1. The van der Waals surface area contributed by atoms with E-state index in [1.807, 2.05) is 17.0 Å². The molecule has 0 unspecified atom stereocenters. The number of hydrogen-bond acceptors (Lipinski definition) is 3. The van der Waals surface area contributed by atoms with Gasteiger partial charge < -0.3 is 9.64 Å². The Kier molecular flexibility index (Phi) is 5.26. The van der Waals surface area contributed by atoms with Gasteiger partial charge in [0.1, 0.15) is 11.6 Å². The molecule has 20 heavy (non-hydrogen) atoms. The molecule has 0 bridgehead atoms. The fourth-order valence-electron chi connectivity index (χ4n) is 2.54. The van der Waals surface area contributed by atoms with Gasteiger partial charge in [0.25, 0.3) is 0 Å². The molecular weight excluding hydrogens is 276 g/mol. The van der Waals surface area contributed by atoms with Gasteiger partial charge in [0.2, 0.25) is 5.91 Å². The summed E-state index contributed by atoms with van der Waals surface area (Å²) in [6.45, 7) is 5.48. The van der Waals surface area contributed by atoms with Crippen LogP contribution in [-0.2, 0) is 4.79 Å². The lowest BCUT2D eigenvalue weighted by molar-refractivity contribution is -0.130. The van der Waals surface area contributed by atoms with Crippen molar-refractivity contribution in [1.82, 2.24) is 9.80 Å². The molecule has 1 saturated heterocycles. The zero-order valence-corrected chi connectivity index (χ0v) is 12.8. The van der Waals surface area contributed by atoms with Crippen LogP contribution in [0.3, 0.4) is 0 Å². The van der Waals surface area contributed by atoms with E-state index in [0.717, 1.165) is 31.9 Å². The molecule has 1 amide bonds. The predicted molar refractivity (Wildman–Crippen MR) is 80.3 cm³/mol. The lowest BCUT2D eigenvalue weighted by Crippen LogP contribution is -2.49. The van der Waals surface area contributed by atoms with Crippen molar-refractivity contribution in [2.75, 3.05) is 39.2 Å². The topological polar surface area (TPSA) is 32.8 Å². The Balaban J connectivity index is 1.93. The van der Waals surface area contributed by atoms with E-state index in [4.69, 9.17) is 16.3 Å². The minimum atomic E-state index is 0.0309. The summed E-state index contributed by atoms with van der Waals surface area (Å²) in [5, 5.41) is 0. The lowest BCUT2D eigenvalue weighted by atomic mass is 10.1. The van der Waals surface area contributed by atoms with Crippen LogP contribution in [0.4, 0.5) is 0 Å². The van der Waals surface area contributed by atoms with E-state index in [9.17, 15) is 4.79 Å². The summed E-state index contributed by atoms with van der Waals surface area (Å²) in [6, 6.07) is 8.51. The molecule has 1 aliphatic rings. The molecule has 0 aromatic heterocycles. The van der Waals surface area contributed by atoms with E-state index in [0.29, 0.717) is 6.04 Å². The number of amides is 1. The standard InChI is InChI=1S/C15H21ClN2O2/c1-12(13-3-5-14(20-2)6-4-13)17-7-9-18(10-8-17)15(19)11-16/h3-6,12H,7-11H2,1-2H3/t12-/m1/s1. The summed E-state index contributed by atoms with van der Waals surface area (Å²) in [5.41, 5.74) is 1.27. The molecule has 4 nitrogen and oxygen atoms in total. The third kappa shape index (κ3) is 3.44. The van der Waals surface area contributed by atoms with Gasteiger partial charge in [-0.25, -0.2) is 0 Å². The van der Waals surface area contributed by atoms with Crippen molar-refractivity contribution in [2.45, 2.75) is 13.0 Å². The maximum Gasteiger partial charge on any atom is 0.237 e. The maximum absolute atomic E-state index is 11.5. The molecule has 1 heterocycles. The Morgan fingerprint density at radius 3 is 2.35 bits per heavy atom. The highest BCUT2D eigenvalue weighted by molar-refractivity contribution is 6.27. The summed E-state index contributed by atoms with van der Waals surface area (Å²) in [5.74, 6) is 0.982. The monoisotopic (exact) mass is 296 g/mol. The summed E-state index contributed by atoms with van der Waals surface area (Å²) in [4.78, 5) is 15.8. The van der Waals surface area contributed by atoms with Gasteiger partial charge in [-0.3, -0.25) is 9.69 Å². The second-order valence-electron chi connectivity index (χ2n) is 5.00. The fraction of sp³-hybridized carbons (Fsp3) is 0.533. The lowest BCUT2D eigenvalue weighted by Gasteiger charge is -2.38. The second kappa shape index (κ2) is 6.95. The van der Waals surface area contributed by atoms with Crippen molar-refractivity contribution >= 4 is 17.5 Å². The van der Waals surface area contributed by atoms with Gasteiger partial charge in [-0.15, -0.1) is 11.6 Å². The molecule has 1 fully saturated rings. The van der Waals surface area contributed by atoms with Crippen LogP contribution in [0.2, 0.25) is 0 Å². The molecule has 0 saturated carbocycles. The highest BCUT2D eigenvalue weighted by atomic mass is 35.5. The minimum Gasteiger partial charge on any atom is -0.497 e. The first-order valence-electron chi connectivity index (χ1n) is 6.87. The molecule has 2 rings (SSSR count). The van der Waals surface area contributed by atoms with Crippen molar-refractivity contribution < 1.29 is 9.53 Å². The van der Waals surface area contributed by atoms with Gasteiger partial charge in [0.15, 0.2) is 0 Å². The van der Waals surface area contributed by atoms with Gasteiger partial charge in [-0.05, 0) is 24.6 Å². The average molecular weight is 297 g/mol. The highest BCUT2D eigenvalue weighted by Crippen LogP contribution is 2.23. The number of carbonyl (C=O) groups is 1. The third-order valence-electron chi connectivity index (χ3n) is 3.93. The highest BCUT2D eigenvalue weighted by Gasteiger charge is 2.24. The molecule has 1 aromatic rings. The predicted octanol–water partition coefficient (Wildman–Crippen LogP) is 2.14. The molecule has 0 spiro atoms. The molecule has 0 N–H and O–H groups in total. The molecule has 1 atom stereocenters. The molecule has 1 aromatic carbocycles. The number of carbonyl (C=O) groups excluding carboxylic acids is 1. The van der Waals surface area contributed by atoms with E-state index < -0.39 is 0 Å². The van der Waals surface area contributed by atoms with Gasteiger partial charge >= 0.3 is 0 Å². The summed E-state index contributed by atoms with van der Waals surface area (Å²) < 4.78 is 5.18. The van der Waals surface area contributed by atoms with Crippen molar-refractivity contribution in [3.8, 4) is 5.75 Å². The van der Waals surface area contributed by atoms with Crippen LogP contribution in [0, 0.1) is 0 Å².